The number of pyridine rings is 1. The van der Waals surface area contributed by atoms with Gasteiger partial charge < -0.3 is 11.1 Å². The molecule has 3 rings (SSSR count). The molecule has 1 aromatic heterocycles. The highest BCUT2D eigenvalue weighted by atomic mass is 32.2. The first-order valence-corrected chi connectivity index (χ1v) is 8.96. The predicted molar refractivity (Wildman–Crippen MR) is 99.6 cm³/mol. The Kier molecular flexibility index (Phi) is 4.91. The van der Waals surface area contributed by atoms with Crippen LogP contribution in [0.4, 0.5) is 10.1 Å². The zero-order chi connectivity index (χ0) is 18.7. The second-order valence-electron chi connectivity index (χ2n) is 6.06. The van der Waals surface area contributed by atoms with Gasteiger partial charge in [-0.1, -0.05) is 0 Å². The molecule has 0 saturated carbocycles. The summed E-state index contributed by atoms with van der Waals surface area (Å²) >= 11 is 1.59. The van der Waals surface area contributed by atoms with E-state index < -0.39 is 17.3 Å². The van der Waals surface area contributed by atoms with E-state index in [0.717, 1.165) is 0 Å². The van der Waals surface area contributed by atoms with Crippen LogP contribution < -0.4 is 11.1 Å². The fourth-order valence-electron chi connectivity index (χ4n) is 2.68. The largest absolute Gasteiger partial charge is 0.387 e. The van der Waals surface area contributed by atoms with Gasteiger partial charge in [-0.2, -0.15) is 17.0 Å². The minimum atomic E-state index is -0.787. The highest BCUT2D eigenvalue weighted by molar-refractivity contribution is 8.00. The van der Waals surface area contributed by atoms with Gasteiger partial charge >= 0.3 is 0 Å². The third-order valence-corrected chi connectivity index (χ3v) is 5.22. The Bertz CT molecular complexity index is 922. The van der Waals surface area contributed by atoms with Crippen LogP contribution in [0.15, 0.2) is 41.5 Å². The molecule has 0 fully saturated rings. The number of aliphatic imine (C=N–C) groups is 1. The Morgan fingerprint density at radius 1 is 1.42 bits per heavy atom. The third kappa shape index (κ3) is 3.68. The van der Waals surface area contributed by atoms with Crippen LogP contribution in [-0.4, -0.2) is 28.2 Å². The van der Waals surface area contributed by atoms with Crippen molar-refractivity contribution >= 4 is 29.2 Å². The van der Waals surface area contributed by atoms with Gasteiger partial charge in [-0.3, -0.25) is 9.79 Å². The smallest absolute Gasteiger partial charge is 0.274 e. The van der Waals surface area contributed by atoms with Gasteiger partial charge in [0.25, 0.3) is 5.91 Å². The van der Waals surface area contributed by atoms with Crippen molar-refractivity contribution in [1.29, 1.82) is 5.26 Å². The summed E-state index contributed by atoms with van der Waals surface area (Å²) in [7, 11) is 0. The van der Waals surface area contributed by atoms with E-state index in [1.54, 1.807) is 17.8 Å². The molecular formula is C18H16FN5OS. The normalized spacial score (nSPS) is 19.3. The Morgan fingerprint density at radius 3 is 2.88 bits per heavy atom. The number of benzene rings is 1. The zero-order valence-corrected chi connectivity index (χ0v) is 14.8. The van der Waals surface area contributed by atoms with Crippen LogP contribution in [-0.2, 0) is 5.54 Å². The molecule has 2 heterocycles. The summed E-state index contributed by atoms with van der Waals surface area (Å²) in [5.41, 5.74) is 6.37. The first kappa shape index (κ1) is 17.9. The maximum atomic E-state index is 14.4. The molecule has 1 aromatic carbocycles. The second-order valence-corrected chi connectivity index (χ2v) is 7.05. The van der Waals surface area contributed by atoms with E-state index in [2.05, 4.69) is 15.3 Å². The number of rotatable bonds is 3. The number of carbonyl (C=O) groups excluding carboxylic acids is 1. The summed E-state index contributed by atoms with van der Waals surface area (Å²) < 4.78 is 14.4. The molecule has 1 aliphatic heterocycles. The molecule has 1 amide bonds. The summed E-state index contributed by atoms with van der Waals surface area (Å²) in [6.45, 7) is 1.82. The van der Waals surface area contributed by atoms with Crippen molar-refractivity contribution in [1.82, 2.24) is 4.98 Å². The average molecular weight is 369 g/mol. The van der Waals surface area contributed by atoms with Crippen molar-refractivity contribution in [2.45, 2.75) is 12.5 Å². The van der Waals surface area contributed by atoms with E-state index in [9.17, 15) is 9.18 Å². The van der Waals surface area contributed by atoms with E-state index in [-0.39, 0.29) is 5.69 Å². The number of nitrogens with two attached hydrogens (primary N) is 1. The van der Waals surface area contributed by atoms with Gasteiger partial charge in [0.1, 0.15) is 23.4 Å². The Balaban J connectivity index is 1.86. The van der Waals surface area contributed by atoms with Gasteiger partial charge in [0.2, 0.25) is 0 Å². The maximum absolute atomic E-state index is 14.4. The number of hydrogen-bond donors (Lipinski definition) is 2. The fraction of sp³-hybridized carbons (Fsp3) is 0.222. The number of nitrogens with one attached hydrogen (secondary N) is 1. The summed E-state index contributed by atoms with van der Waals surface area (Å²) in [5.74, 6) is 0.843. The predicted octanol–water partition coefficient (Wildman–Crippen LogP) is 2.66. The lowest BCUT2D eigenvalue weighted by Gasteiger charge is -2.30. The molecule has 6 nitrogen and oxygen atoms in total. The molecule has 8 heteroatoms. The Hall–Kier alpha value is -2.92. The van der Waals surface area contributed by atoms with Crippen LogP contribution in [0, 0.1) is 17.1 Å². The van der Waals surface area contributed by atoms with Crippen LogP contribution >= 0.6 is 11.8 Å². The molecule has 0 bridgehead atoms. The van der Waals surface area contributed by atoms with Crippen LogP contribution in [0.5, 0.6) is 0 Å². The molecule has 0 spiro atoms. The van der Waals surface area contributed by atoms with Crippen molar-refractivity contribution in [3.05, 3.63) is 59.2 Å². The summed E-state index contributed by atoms with van der Waals surface area (Å²) in [6, 6.07) is 9.26. The van der Waals surface area contributed by atoms with Gasteiger partial charge in [0, 0.05) is 23.2 Å². The van der Waals surface area contributed by atoms with Gasteiger partial charge in [-0.15, -0.1) is 0 Å². The molecule has 132 valence electrons. The lowest BCUT2D eigenvalue weighted by molar-refractivity contribution is 0.102. The van der Waals surface area contributed by atoms with Crippen molar-refractivity contribution in [2.75, 3.05) is 16.8 Å². The zero-order valence-electron chi connectivity index (χ0n) is 14.0. The van der Waals surface area contributed by atoms with Crippen molar-refractivity contribution in [3.63, 3.8) is 0 Å². The fourth-order valence-corrected chi connectivity index (χ4v) is 3.67. The summed E-state index contributed by atoms with van der Waals surface area (Å²) in [4.78, 5) is 20.7. The van der Waals surface area contributed by atoms with Gasteiger partial charge in [0.15, 0.2) is 0 Å². The van der Waals surface area contributed by atoms with Gasteiger partial charge in [0.05, 0.1) is 16.9 Å². The molecule has 2 aromatic rings. The van der Waals surface area contributed by atoms with E-state index in [0.29, 0.717) is 34.2 Å². The maximum Gasteiger partial charge on any atom is 0.274 e. The van der Waals surface area contributed by atoms with E-state index in [4.69, 9.17) is 11.0 Å². The molecule has 0 saturated heterocycles. The SMILES string of the molecule is C[C@@]1(c2cc(NC(=O)c3ccc(C#N)cn3)ccc2F)CSCC(N)=N1. The van der Waals surface area contributed by atoms with Crippen LogP contribution in [0.25, 0.3) is 0 Å². The van der Waals surface area contributed by atoms with Crippen LogP contribution in [0.1, 0.15) is 28.5 Å². The average Bonchev–Trinajstić information content (AvgIpc) is 2.63. The number of nitrogens with zero attached hydrogens (tertiary/aromatic N) is 3. The number of halogens is 1. The first-order chi connectivity index (χ1) is 12.4. The Labute approximate surface area is 154 Å². The third-order valence-electron chi connectivity index (χ3n) is 3.95. The molecule has 26 heavy (non-hydrogen) atoms. The topological polar surface area (TPSA) is 104 Å². The quantitative estimate of drug-likeness (QED) is 0.865. The van der Waals surface area contributed by atoms with Gasteiger partial charge in [-0.25, -0.2) is 9.37 Å². The lowest BCUT2D eigenvalue weighted by atomic mass is 9.93. The minimum absolute atomic E-state index is 0.163. The molecular weight excluding hydrogens is 353 g/mol. The highest BCUT2D eigenvalue weighted by Gasteiger charge is 2.32. The number of aromatic nitrogens is 1. The number of nitriles is 1. The van der Waals surface area contributed by atoms with Crippen LogP contribution in [0.2, 0.25) is 0 Å². The molecule has 0 aliphatic carbocycles. The number of anilines is 1. The van der Waals surface area contributed by atoms with E-state index >= 15 is 0 Å². The molecule has 3 N–H and O–H groups in total. The van der Waals surface area contributed by atoms with Crippen LogP contribution in [0.3, 0.4) is 0 Å². The molecule has 0 unspecified atom stereocenters. The number of hydrogen-bond acceptors (Lipinski definition) is 6. The van der Waals surface area contributed by atoms with Gasteiger partial charge in [-0.05, 0) is 37.3 Å². The second kappa shape index (κ2) is 7.14. The standard InChI is InChI=1S/C18H16FN5OS/c1-18(10-26-9-16(21)24-18)13-6-12(3-4-14(13)19)23-17(25)15-5-2-11(7-20)8-22-15/h2-6,8H,9-10H2,1H3,(H2,21,24)(H,23,25)/t18-/m0/s1. The monoisotopic (exact) mass is 369 g/mol. The highest BCUT2D eigenvalue weighted by Crippen LogP contribution is 2.35. The summed E-state index contributed by atoms with van der Waals surface area (Å²) in [6.07, 6.45) is 1.32. The minimum Gasteiger partial charge on any atom is -0.387 e. The van der Waals surface area contributed by atoms with E-state index in [1.807, 2.05) is 13.0 Å². The number of carbonyl (C=O) groups is 1. The lowest BCUT2D eigenvalue weighted by Crippen LogP contribution is -2.34. The number of amidine groups is 1. The van der Waals surface area contributed by atoms with Crippen molar-refractivity contribution < 1.29 is 9.18 Å². The molecule has 0 radical (unpaired) electrons. The first-order valence-electron chi connectivity index (χ1n) is 7.81. The number of amides is 1. The van der Waals surface area contributed by atoms with Crippen molar-refractivity contribution in [2.24, 2.45) is 10.7 Å². The number of thioether (sulfide) groups is 1. The molecule has 1 aliphatic rings. The molecule has 1 atom stereocenters. The van der Waals surface area contributed by atoms with E-state index in [1.165, 1.54) is 30.5 Å². The van der Waals surface area contributed by atoms with Crippen molar-refractivity contribution in [3.8, 4) is 6.07 Å². The Morgan fingerprint density at radius 2 is 2.23 bits per heavy atom. The summed E-state index contributed by atoms with van der Waals surface area (Å²) in [5, 5.41) is 11.5.